The zero-order valence-electron chi connectivity index (χ0n) is 12.4. The maximum atomic E-state index is 5.57. The minimum atomic E-state index is 0.846. The van der Waals surface area contributed by atoms with E-state index in [0.29, 0.717) is 0 Å². The number of aryl methyl sites for hydroxylation is 1. The van der Waals surface area contributed by atoms with Crippen molar-refractivity contribution in [2.45, 2.75) is 57.8 Å². The van der Waals surface area contributed by atoms with Crippen molar-refractivity contribution < 1.29 is 4.42 Å². The molecule has 1 aromatic carbocycles. The van der Waals surface area contributed by atoms with Gasteiger partial charge in [0.05, 0.1) is 6.26 Å². The summed E-state index contributed by atoms with van der Waals surface area (Å²) in [5.41, 5.74) is 7.87. The van der Waals surface area contributed by atoms with Gasteiger partial charge in [0.1, 0.15) is 5.58 Å². The summed E-state index contributed by atoms with van der Waals surface area (Å²) < 4.78 is 5.57. The fourth-order valence-electron chi connectivity index (χ4n) is 2.75. The van der Waals surface area contributed by atoms with Crippen LogP contribution in [-0.4, -0.2) is 6.54 Å². The minimum absolute atomic E-state index is 0.846. The number of rotatable bonds is 10. The summed E-state index contributed by atoms with van der Waals surface area (Å²) in [5.74, 6) is 0. The van der Waals surface area contributed by atoms with E-state index in [1.54, 1.807) is 0 Å². The van der Waals surface area contributed by atoms with Gasteiger partial charge in [0.2, 0.25) is 0 Å². The van der Waals surface area contributed by atoms with Gasteiger partial charge in [-0.15, -0.1) is 0 Å². The first-order valence-corrected chi connectivity index (χ1v) is 8.07. The van der Waals surface area contributed by atoms with Gasteiger partial charge in [0, 0.05) is 5.39 Å². The molecular weight excluding hydrogens is 246 g/mol. The summed E-state index contributed by atoms with van der Waals surface area (Å²) in [6.07, 6.45) is 13.6. The van der Waals surface area contributed by atoms with Gasteiger partial charge in [-0.25, -0.2) is 0 Å². The molecule has 0 aliphatic rings. The summed E-state index contributed by atoms with van der Waals surface area (Å²) in [5, 5.41) is 1.29. The molecule has 0 saturated heterocycles. The summed E-state index contributed by atoms with van der Waals surface area (Å²) in [4.78, 5) is 0. The van der Waals surface area contributed by atoms with Crippen LogP contribution in [0.2, 0.25) is 0 Å². The molecule has 0 bridgehead atoms. The van der Waals surface area contributed by atoms with Gasteiger partial charge in [-0.2, -0.15) is 0 Å². The Bertz CT molecular complexity index is 489. The molecule has 2 aromatic rings. The lowest BCUT2D eigenvalue weighted by Gasteiger charge is -2.01. The molecule has 110 valence electrons. The van der Waals surface area contributed by atoms with Gasteiger partial charge in [-0.1, -0.05) is 56.7 Å². The third-order valence-corrected chi connectivity index (χ3v) is 3.96. The Hall–Kier alpha value is -1.28. The van der Waals surface area contributed by atoms with Crippen LogP contribution in [0.5, 0.6) is 0 Å². The Kier molecular flexibility index (Phi) is 6.65. The highest BCUT2D eigenvalue weighted by atomic mass is 16.3. The minimum Gasteiger partial charge on any atom is -0.464 e. The second-order valence-electron chi connectivity index (χ2n) is 5.62. The van der Waals surface area contributed by atoms with Gasteiger partial charge < -0.3 is 10.2 Å². The van der Waals surface area contributed by atoms with Crippen LogP contribution in [0, 0.1) is 0 Å². The Labute approximate surface area is 122 Å². The average molecular weight is 273 g/mol. The van der Waals surface area contributed by atoms with E-state index in [1.165, 1.54) is 62.3 Å². The van der Waals surface area contributed by atoms with Crippen LogP contribution in [0.4, 0.5) is 0 Å². The molecular formula is C18H27NO. The number of para-hydroxylation sites is 1. The van der Waals surface area contributed by atoms with Crippen LogP contribution in [0.25, 0.3) is 11.0 Å². The Morgan fingerprint density at radius 3 is 2.20 bits per heavy atom. The molecule has 0 spiro atoms. The number of unbranched alkanes of at least 4 members (excludes halogenated alkanes) is 7. The summed E-state index contributed by atoms with van der Waals surface area (Å²) in [6, 6.07) is 8.31. The quantitative estimate of drug-likeness (QED) is 0.615. The second-order valence-corrected chi connectivity index (χ2v) is 5.62. The molecule has 0 aliphatic heterocycles. The smallest absolute Gasteiger partial charge is 0.134 e. The predicted octanol–water partition coefficient (Wildman–Crippen LogP) is 5.05. The SMILES string of the molecule is NCCCCCCCCCCc1coc2ccccc12. The first-order valence-electron chi connectivity index (χ1n) is 8.07. The molecule has 0 atom stereocenters. The predicted molar refractivity (Wildman–Crippen MR) is 85.9 cm³/mol. The van der Waals surface area contributed by atoms with Gasteiger partial charge in [-0.05, 0) is 37.4 Å². The molecule has 0 radical (unpaired) electrons. The standard InChI is InChI=1S/C18H27NO/c19-14-10-6-4-2-1-3-5-7-11-16-15-20-18-13-9-8-12-17(16)18/h8-9,12-13,15H,1-7,10-11,14,19H2. The normalized spacial score (nSPS) is 11.2. The number of fused-ring (bicyclic) bond motifs is 1. The van der Waals surface area contributed by atoms with Gasteiger partial charge >= 0.3 is 0 Å². The van der Waals surface area contributed by atoms with Gasteiger partial charge in [-0.3, -0.25) is 0 Å². The van der Waals surface area contributed by atoms with Crippen molar-refractivity contribution in [2.75, 3.05) is 6.54 Å². The van der Waals surface area contributed by atoms with Crippen LogP contribution in [0.3, 0.4) is 0 Å². The third-order valence-electron chi connectivity index (χ3n) is 3.96. The van der Waals surface area contributed by atoms with Crippen LogP contribution >= 0.6 is 0 Å². The maximum absolute atomic E-state index is 5.57. The summed E-state index contributed by atoms with van der Waals surface area (Å²) in [6.45, 7) is 0.846. The first-order chi connectivity index (χ1) is 9.92. The molecule has 0 unspecified atom stereocenters. The van der Waals surface area contributed by atoms with E-state index in [1.807, 2.05) is 18.4 Å². The fourth-order valence-corrected chi connectivity index (χ4v) is 2.75. The fraction of sp³-hybridized carbons (Fsp3) is 0.556. The number of nitrogens with two attached hydrogens (primary N) is 1. The largest absolute Gasteiger partial charge is 0.464 e. The molecule has 1 heterocycles. The maximum Gasteiger partial charge on any atom is 0.134 e. The topological polar surface area (TPSA) is 39.2 Å². The molecule has 2 N–H and O–H groups in total. The number of hydrogen-bond donors (Lipinski definition) is 1. The van der Waals surface area contributed by atoms with E-state index in [-0.39, 0.29) is 0 Å². The molecule has 2 nitrogen and oxygen atoms in total. The van der Waals surface area contributed by atoms with E-state index in [0.717, 1.165) is 18.5 Å². The van der Waals surface area contributed by atoms with Crippen molar-refractivity contribution in [3.8, 4) is 0 Å². The average Bonchev–Trinajstić information content (AvgIpc) is 2.89. The lowest BCUT2D eigenvalue weighted by molar-refractivity contribution is 0.567. The van der Waals surface area contributed by atoms with Gasteiger partial charge in [0.25, 0.3) is 0 Å². The second kappa shape index (κ2) is 8.80. The number of benzene rings is 1. The highest BCUT2D eigenvalue weighted by Crippen LogP contribution is 2.22. The van der Waals surface area contributed by atoms with Crippen molar-refractivity contribution in [1.82, 2.24) is 0 Å². The van der Waals surface area contributed by atoms with Crippen molar-refractivity contribution in [3.05, 3.63) is 36.1 Å². The van der Waals surface area contributed by atoms with Crippen molar-refractivity contribution >= 4 is 11.0 Å². The number of hydrogen-bond acceptors (Lipinski definition) is 2. The van der Waals surface area contributed by atoms with E-state index in [9.17, 15) is 0 Å². The van der Waals surface area contributed by atoms with Crippen molar-refractivity contribution in [2.24, 2.45) is 5.73 Å². The molecule has 2 rings (SSSR count). The van der Waals surface area contributed by atoms with E-state index in [2.05, 4.69) is 12.1 Å². The van der Waals surface area contributed by atoms with Crippen LogP contribution in [0.1, 0.15) is 56.9 Å². The van der Waals surface area contributed by atoms with Gasteiger partial charge in [0.15, 0.2) is 0 Å². The Balaban J connectivity index is 1.57. The highest BCUT2D eigenvalue weighted by Gasteiger charge is 2.04. The first kappa shape index (κ1) is 15.1. The molecule has 1 aromatic heterocycles. The van der Waals surface area contributed by atoms with Crippen molar-refractivity contribution in [1.29, 1.82) is 0 Å². The monoisotopic (exact) mass is 273 g/mol. The molecule has 2 heteroatoms. The third kappa shape index (κ3) is 4.68. The lowest BCUT2D eigenvalue weighted by Crippen LogP contribution is -1.97. The van der Waals surface area contributed by atoms with Crippen LogP contribution in [-0.2, 0) is 6.42 Å². The van der Waals surface area contributed by atoms with E-state index in [4.69, 9.17) is 10.2 Å². The zero-order valence-corrected chi connectivity index (χ0v) is 12.4. The Morgan fingerprint density at radius 1 is 0.800 bits per heavy atom. The molecule has 0 amide bonds. The molecule has 0 aliphatic carbocycles. The van der Waals surface area contributed by atoms with E-state index >= 15 is 0 Å². The highest BCUT2D eigenvalue weighted by molar-refractivity contribution is 5.80. The molecule has 20 heavy (non-hydrogen) atoms. The summed E-state index contributed by atoms with van der Waals surface area (Å²) in [7, 11) is 0. The van der Waals surface area contributed by atoms with Crippen LogP contribution in [0.15, 0.2) is 34.9 Å². The van der Waals surface area contributed by atoms with E-state index < -0.39 is 0 Å². The number of furan rings is 1. The van der Waals surface area contributed by atoms with Crippen LogP contribution < -0.4 is 5.73 Å². The molecule has 0 fully saturated rings. The lowest BCUT2D eigenvalue weighted by atomic mass is 10.0. The summed E-state index contributed by atoms with van der Waals surface area (Å²) >= 11 is 0. The Morgan fingerprint density at radius 2 is 1.45 bits per heavy atom. The zero-order chi connectivity index (χ0) is 14.0. The van der Waals surface area contributed by atoms with Crippen molar-refractivity contribution in [3.63, 3.8) is 0 Å². The molecule has 0 saturated carbocycles.